The van der Waals surface area contributed by atoms with Crippen LogP contribution in [0.2, 0.25) is 0 Å². The van der Waals surface area contributed by atoms with Crippen molar-refractivity contribution < 1.29 is 9.53 Å². The lowest BCUT2D eigenvalue weighted by Gasteiger charge is -2.11. The zero-order valence-corrected chi connectivity index (χ0v) is 19.2. The van der Waals surface area contributed by atoms with Crippen molar-refractivity contribution in [1.82, 2.24) is 0 Å². The van der Waals surface area contributed by atoms with Gasteiger partial charge in [-0.25, -0.2) is 0 Å². The number of ether oxygens (including phenoxy) is 1. The maximum absolute atomic E-state index is 12.1. The molecule has 4 nitrogen and oxygen atoms in total. The summed E-state index contributed by atoms with van der Waals surface area (Å²) < 4.78 is 7.18. The molecule has 0 fully saturated rings. The molecule has 0 aliphatic rings. The van der Waals surface area contributed by atoms with Gasteiger partial charge in [0, 0.05) is 11.9 Å². The SMILES string of the molecule is Cc1cccc(N=Cc2cc(Br)c(OCC(=O)Nc3ccccc3)c(Br)c2)c1C. The highest BCUT2D eigenvalue weighted by atomic mass is 79.9. The molecule has 3 aromatic rings. The molecule has 3 rings (SSSR count). The smallest absolute Gasteiger partial charge is 0.262 e. The van der Waals surface area contributed by atoms with Crippen molar-refractivity contribution in [3.8, 4) is 5.75 Å². The van der Waals surface area contributed by atoms with Gasteiger partial charge in [0.15, 0.2) is 6.61 Å². The highest BCUT2D eigenvalue weighted by Crippen LogP contribution is 2.34. The minimum Gasteiger partial charge on any atom is -0.481 e. The van der Waals surface area contributed by atoms with Gasteiger partial charge >= 0.3 is 0 Å². The summed E-state index contributed by atoms with van der Waals surface area (Å²) in [4.78, 5) is 16.7. The molecule has 0 heterocycles. The zero-order valence-electron chi connectivity index (χ0n) is 16.1. The van der Waals surface area contributed by atoms with E-state index in [-0.39, 0.29) is 12.5 Å². The van der Waals surface area contributed by atoms with Crippen LogP contribution in [0.25, 0.3) is 0 Å². The number of aryl methyl sites for hydroxylation is 1. The lowest BCUT2D eigenvalue weighted by Crippen LogP contribution is -2.20. The van der Waals surface area contributed by atoms with E-state index in [1.807, 2.05) is 60.8 Å². The van der Waals surface area contributed by atoms with Crippen LogP contribution in [0.1, 0.15) is 16.7 Å². The maximum Gasteiger partial charge on any atom is 0.262 e. The van der Waals surface area contributed by atoms with E-state index in [1.54, 1.807) is 0 Å². The molecule has 3 aromatic carbocycles. The Kier molecular flexibility index (Phi) is 7.23. The Hall–Kier alpha value is -2.44. The monoisotopic (exact) mass is 514 g/mol. The van der Waals surface area contributed by atoms with Crippen molar-refractivity contribution in [3.63, 3.8) is 0 Å². The third-order valence-electron chi connectivity index (χ3n) is 4.35. The molecule has 0 saturated carbocycles. The molecule has 148 valence electrons. The molecule has 6 heteroatoms. The summed E-state index contributed by atoms with van der Waals surface area (Å²) in [5.41, 5.74) is 4.95. The second-order valence-corrected chi connectivity index (χ2v) is 8.20. The summed E-state index contributed by atoms with van der Waals surface area (Å²) in [7, 11) is 0. The number of anilines is 1. The number of benzene rings is 3. The normalized spacial score (nSPS) is 10.9. The number of halogens is 2. The summed E-state index contributed by atoms with van der Waals surface area (Å²) in [5, 5.41) is 2.80. The molecule has 0 spiro atoms. The number of hydrogen-bond acceptors (Lipinski definition) is 3. The fourth-order valence-corrected chi connectivity index (χ4v) is 4.12. The van der Waals surface area contributed by atoms with Gasteiger partial charge in [-0.05, 0) is 92.7 Å². The van der Waals surface area contributed by atoms with E-state index in [4.69, 9.17) is 4.74 Å². The third kappa shape index (κ3) is 5.78. The molecule has 1 N–H and O–H groups in total. The Morgan fingerprint density at radius 3 is 2.41 bits per heavy atom. The van der Waals surface area contributed by atoms with E-state index in [1.165, 1.54) is 5.56 Å². The van der Waals surface area contributed by atoms with Crippen molar-refractivity contribution >= 4 is 55.4 Å². The lowest BCUT2D eigenvalue weighted by atomic mass is 10.1. The molecule has 0 radical (unpaired) electrons. The van der Waals surface area contributed by atoms with Crippen LogP contribution < -0.4 is 10.1 Å². The number of nitrogens with one attached hydrogen (secondary N) is 1. The predicted molar refractivity (Wildman–Crippen MR) is 126 cm³/mol. The van der Waals surface area contributed by atoms with Gasteiger partial charge in [0.1, 0.15) is 5.75 Å². The van der Waals surface area contributed by atoms with Crippen LogP contribution in [0.5, 0.6) is 5.75 Å². The minimum atomic E-state index is -0.226. The number of para-hydroxylation sites is 1. The molecule has 0 saturated heterocycles. The van der Waals surface area contributed by atoms with Crippen molar-refractivity contribution in [1.29, 1.82) is 0 Å². The molecule has 0 bridgehead atoms. The van der Waals surface area contributed by atoms with E-state index < -0.39 is 0 Å². The number of carbonyl (C=O) groups is 1. The minimum absolute atomic E-state index is 0.0952. The summed E-state index contributed by atoms with van der Waals surface area (Å²) in [6.07, 6.45) is 1.81. The Morgan fingerprint density at radius 1 is 1.03 bits per heavy atom. The van der Waals surface area contributed by atoms with Crippen molar-refractivity contribution in [2.75, 3.05) is 11.9 Å². The molecular weight excluding hydrogens is 496 g/mol. The second kappa shape index (κ2) is 9.85. The van der Waals surface area contributed by atoms with Gasteiger partial charge in [0.25, 0.3) is 5.91 Å². The van der Waals surface area contributed by atoms with E-state index in [0.29, 0.717) is 5.75 Å². The quantitative estimate of drug-likeness (QED) is 0.376. The van der Waals surface area contributed by atoms with Gasteiger partial charge in [-0.2, -0.15) is 0 Å². The molecule has 0 unspecified atom stereocenters. The zero-order chi connectivity index (χ0) is 20.8. The fourth-order valence-electron chi connectivity index (χ4n) is 2.67. The standard InChI is InChI=1S/C23H20Br2N2O2/c1-15-7-6-10-21(16(15)2)26-13-17-11-19(24)23(20(25)12-17)29-14-22(28)27-18-8-4-3-5-9-18/h3-13H,14H2,1-2H3,(H,27,28). The molecule has 0 aliphatic carbocycles. The summed E-state index contributed by atoms with van der Waals surface area (Å²) in [6, 6.07) is 19.1. The summed E-state index contributed by atoms with van der Waals surface area (Å²) in [5.74, 6) is 0.340. The number of hydrogen-bond donors (Lipinski definition) is 1. The molecule has 0 atom stereocenters. The maximum atomic E-state index is 12.1. The summed E-state index contributed by atoms with van der Waals surface area (Å²) in [6.45, 7) is 4.04. The van der Waals surface area contributed by atoms with Crippen LogP contribution in [0.4, 0.5) is 11.4 Å². The summed E-state index contributed by atoms with van der Waals surface area (Å²) >= 11 is 7.04. The highest BCUT2D eigenvalue weighted by molar-refractivity contribution is 9.11. The number of carbonyl (C=O) groups excluding carboxylic acids is 1. The first-order chi connectivity index (χ1) is 13.9. The first-order valence-electron chi connectivity index (χ1n) is 9.01. The van der Waals surface area contributed by atoms with Gasteiger partial charge < -0.3 is 10.1 Å². The van der Waals surface area contributed by atoms with Crippen LogP contribution in [-0.2, 0) is 4.79 Å². The van der Waals surface area contributed by atoms with Gasteiger partial charge in [0.05, 0.1) is 14.6 Å². The fraction of sp³-hybridized carbons (Fsp3) is 0.130. The van der Waals surface area contributed by atoms with Crippen LogP contribution in [0.3, 0.4) is 0 Å². The van der Waals surface area contributed by atoms with Gasteiger partial charge in [-0.15, -0.1) is 0 Å². The molecule has 0 aliphatic heterocycles. The lowest BCUT2D eigenvalue weighted by molar-refractivity contribution is -0.118. The largest absolute Gasteiger partial charge is 0.481 e. The predicted octanol–water partition coefficient (Wildman–Crippen LogP) is 6.60. The average Bonchev–Trinajstić information content (AvgIpc) is 2.69. The number of nitrogens with zero attached hydrogens (tertiary/aromatic N) is 1. The van der Waals surface area contributed by atoms with Gasteiger partial charge in [-0.1, -0.05) is 30.3 Å². The highest BCUT2D eigenvalue weighted by Gasteiger charge is 2.11. The Bertz CT molecular complexity index is 1030. The second-order valence-electron chi connectivity index (χ2n) is 6.49. The van der Waals surface area contributed by atoms with Crippen molar-refractivity contribution in [3.05, 3.63) is 86.3 Å². The molecule has 29 heavy (non-hydrogen) atoms. The first-order valence-corrected chi connectivity index (χ1v) is 10.6. The number of rotatable bonds is 6. The molecular formula is C23H20Br2N2O2. The topological polar surface area (TPSA) is 50.7 Å². The van der Waals surface area contributed by atoms with E-state index in [0.717, 1.165) is 31.4 Å². The van der Waals surface area contributed by atoms with Crippen LogP contribution in [-0.4, -0.2) is 18.7 Å². The van der Waals surface area contributed by atoms with E-state index in [2.05, 4.69) is 62.1 Å². The first kappa shape index (κ1) is 21.3. The Morgan fingerprint density at radius 2 is 1.72 bits per heavy atom. The Balaban J connectivity index is 1.68. The van der Waals surface area contributed by atoms with Crippen molar-refractivity contribution in [2.45, 2.75) is 13.8 Å². The van der Waals surface area contributed by atoms with E-state index >= 15 is 0 Å². The van der Waals surface area contributed by atoms with Crippen LogP contribution in [0, 0.1) is 13.8 Å². The molecule has 1 amide bonds. The van der Waals surface area contributed by atoms with Crippen LogP contribution in [0.15, 0.2) is 74.6 Å². The van der Waals surface area contributed by atoms with Gasteiger partial charge in [0.2, 0.25) is 0 Å². The number of aliphatic imine (C=N–C) groups is 1. The third-order valence-corrected chi connectivity index (χ3v) is 5.53. The van der Waals surface area contributed by atoms with Crippen molar-refractivity contribution in [2.24, 2.45) is 4.99 Å². The average molecular weight is 516 g/mol. The van der Waals surface area contributed by atoms with Gasteiger partial charge in [-0.3, -0.25) is 9.79 Å². The van der Waals surface area contributed by atoms with Crippen LogP contribution >= 0.6 is 31.9 Å². The number of amides is 1. The Labute approximate surface area is 187 Å². The molecule has 0 aromatic heterocycles. The van der Waals surface area contributed by atoms with E-state index in [9.17, 15) is 4.79 Å².